The third kappa shape index (κ3) is 3.51. The van der Waals surface area contributed by atoms with E-state index in [1.165, 1.54) is 18.2 Å². The molecule has 0 radical (unpaired) electrons. The minimum absolute atomic E-state index is 0.333. The molecule has 0 spiro atoms. The van der Waals surface area contributed by atoms with Gasteiger partial charge in [0, 0.05) is 22.3 Å². The Labute approximate surface area is 146 Å². The van der Waals surface area contributed by atoms with Crippen molar-refractivity contribution < 1.29 is 9.18 Å². The molecule has 2 heterocycles. The van der Waals surface area contributed by atoms with Crippen LogP contribution < -0.4 is 5.32 Å². The summed E-state index contributed by atoms with van der Waals surface area (Å²) in [6.45, 7) is 1.81. The number of nitrogens with one attached hydrogen (secondary N) is 1. The predicted molar refractivity (Wildman–Crippen MR) is 92.7 cm³/mol. The molecule has 122 valence electrons. The summed E-state index contributed by atoms with van der Waals surface area (Å²) in [7, 11) is 0. The number of amides is 1. The molecule has 0 aliphatic rings. The molecule has 1 amide bonds. The number of nitrogens with zero attached hydrogens (tertiary/aromatic N) is 3. The Kier molecular flexibility index (Phi) is 4.71. The van der Waals surface area contributed by atoms with E-state index in [0.717, 1.165) is 4.47 Å². The lowest BCUT2D eigenvalue weighted by Gasteiger charge is -2.10. The molecule has 1 aromatic carbocycles. The number of fused-ring (bicyclic) bond motifs is 1. The molecule has 3 rings (SSSR count). The van der Waals surface area contributed by atoms with Crippen molar-refractivity contribution in [3.8, 4) is 0 Å². The normalized spacial score (nSPS) is 12.6. The Hall–Kier alpha value is -2.54. The van der Waals surface area contributed by atoms with E-state index in [0.29, 0.717) is 17.0 Å². The van der Waals surface area contributed by atoms with Crippen molar-refractivity contribution in [2.24, 2.45) is 0 Å². The molecule has 0 aliphatic heterocycles. The third-order valence-electron chi connectivity index (χ3n) is 3.46. The minimum Gasteiger partial charge on any atom is -0.343 e. The van der Waals surface area contributed by atoms with E-state index in [9.17, 15) is 9.18 Å². The number of pyridine rings is 1. The van der Waals surface area contributed by atoms with Gasteiger partial charge in [0.25, 0.3) is 0 Å². The molecule has 7 heteroatoms. The number of aromatic nitrogens is 3. The van der Waals surface area contributed by atoms with Crippen LogP contribution in [0.15, 0.2) is 53.1 Å². The van der Waals surface area contributed by atoms with Crippen molar-refractivity contribution >= 4 is 33.6 Å². The molecule has 1 unspecified atom stereocenters. The zero-order valence-corrected chi connectivity index (χ0v) is 14.4. The van der Waals surface area contributed by atoms with Crippen LogP contribution in [0.2, 0.25) is 0 Å². The standard InChI is InChI=1S/C17H14BrFN4O/c1-11(17-22-21-15-4-2-3-9-23(15)17)20-16(24)8-5-12-10-13(18)6-7-14(12)19/h2-11H,1H3,(H,20,24)/b8-5+. The van der Waals surface area contributed by atoms with Crippen LogP contribution in [0.5, 0.6) is 0 Å². The maximum Gasteiger partial charge on any atom is 0.244 e. The van der Waals surface area contributed by atoms with Gasteiger partial charge in [-0.1, -0.05) is 22.0 Å². The molecule has 0 bridgehead atoms. The van der Waals surface area contributed by atoms with Gasteiger partial charge in [-0.3, -0.25) is 9.20 Å². The number of hydrogen-bond donors (Lipinski definition) is 1. The molecule has 1 atom stereocenters. The third-order valence-corrected chi connectivity index (χ3v) is 3.95. The van der Waals surface area contributed by atoms with Crippen molar-refractivity contribution in [3.63, 3.8) is 0 Å². The van der Waals surface area contributed by atoms with Crippen LogP contribution in [0.3, 0.4) is 0 Å². The van der Waals surface area contributed by atoms with Crippen molar-refractivity contribution in [2.45, 2.75) is 13.0 Å². The molecular formula is C17H14BrFN4O. The van der Waals surface area contributed by atoms with E-state index >= 15 is 0 Å². The van der Waals surface area contributed by atoms with Gasteiger partial charge < -0.3 is 5.32 Å². The van der Waals surface area contributed by atoms with E-state index in [1.54, 1.807) is 12.1 Å². The average molecular weight is 389 g/mol. The van der Waals surface area contributed by atoms with Gasteiger partial charge in [-0.25, -0.2) is 4.39 Å². The molecular weight excluding hydrogens is 375 g/mol. The molecule has 0 fully saturated rings. The molecule has 0 aliphatic carbocycles. The number of carbonyl (C=O) groups excluding carboxylic acids is 1. The summed E-state index contributed by atoms with van der Waals surface area (Å²) in [4.78, 5) is 12.1. The minimum atomic E-state index is -0.390. The lowest BCUT2D eigenvalue weighted by molar-refractivity contribution is -0.117. The summed E-state index contributed by atoms with van der Waals surface area (Å²) >= 11 is 3.27. The fraction of sp³-hybridized carbons (Fsp3) is 0.118. The first-order chi connectivity index (χ1) is 11.5. The maximum atomic E-state index is 13.7. The van der Waals surface area contributed by atoms with Gasteiger partial charge in [0.2, 0.25) is 5.91 Å². The Morgan fingerprint density at radius 1 is 1.33 bits per heavy atom. The number of halogens is 2. The highest BCUT2D eigenvalue weighted by atomic mass is 79.9. The van der Waals surface area contributed by atoms with Gasteiger partial charge in [-0.2, -0.15) is 0 Å². The van der Waals surface area contributed by atoms with Gasteiger partial charge in [0.15, 0.2) is 11.5 Å². The topological polar surface area (TPSA) is 59.3 Å². The summed E-state index contributed by atoms with van der Waals surface area (Å²) in [6, 6.07) is 9.77. The summed E-state index contributed by atoms with van der Waals surface area (Å²) in [5.41, 5.74) is 1.04. The van der Waals surface area contributed by atoms with Gasteiger partial charge in [-0.15, -0.1) is 10.2 Å². The maximum absolute atomic E-state index is 13.7. The van der Waals surface area contributed by atoms with E-state index < -0.39 is 5.82 Å². The fourth-order valence-corrected chi connectivity index (χ4v) is 2.67. The zero-order valence-electron chi connectivity index (χ0n) is 12.8. The van der Waals surface area contributed by atoms with Crippen LogP contribution in [0.4, 0.5) is 4.39 Å². The molecule has 0 saturated heterocycles. The van der Waals surface area contributed by atoms with Crippen molar-refractivity contribution in [2.75, 3.05) is 0 Å². The zero-order chi connectivity index (χ0) is 17.1. The quantitative estimate of drug-likeness (QED) is 0.695. The van der Waals surface area contributed by atoms with Crippen molar-refractivity contribution in [1.29, 1.82) is 0 Å². The first-order valence-electron chi connectivity index (χ1n) is 7.28. The van der Waals surface area contributed by atoms with Crippen LogP contribution in [0.25, 0.3) is 11.7 Å². The van der Waals surface area contributed by atoms with Gasteiger partial charge in [0.1, 0.15) is 5.82 Å². The number of rotatable bonds is 4. The van der Waals surface area contributed by atoms with Crippen molar-refractivity contribution in [1.82, 2.24) is 19.9 Å². The SMILES string of the molecule is CC(NC(=O)/C=C/c1cc(Br)ccc1F)c1nnc2ccccn12. The van der Waals surface area contributed by atoms with Gasteiger partial charge in [0.05, 0.1) is 6.04 Å². The molecule has 0 saturated carbocycles. The average Bonchev–Trinajstić information content (AvgIpc) is 3.00. The lowest BCUT2D eigenvalue weighted by atomic mass is 10.2. The molecule has 2 aromatic heterocycles. The molecule has 3 aromatic rings. The summed E-state index contributed by atoms with van der Waals surface area (Å²) in [5, 5.41) is 10.9. The largest absolute Gasteiger partial charge is 0.343 e. The van der Waals surface area contributed by atoms with Gasteiger partial charge in [-0.05, 0) is 43.3 Å². The summed E-state index contributed by atoms with van der Waals surface area (Å²) in [6.07, 6.45) is 4.56. The van der Waals surface area contributed by atoms with Crippen LogP contribution in [0.1, 0.15) is 24.4 Å². The number of benzene rings is 1. The van der Waals surface area contributed by atoms with E-state index in [4.69, 9.17) is 0 Å². The smallest absolute Gasteiger partial charge is 0.244 e. The number of carbonyl (C=O) groups is 1. The van der Waals surface area contributed by atoms with E-state index in [-0.39, 0.29) is 11.9 Å². The highest BCUT2D eigenvalue weighted by Crippen LogP contribution is 2.17. The van der Waals surface area contributed by atoms with Crippen molar-refractivity contribution in [3.05, 3.63) is 70.3 Å². The fourth-order valence-electron chi connectivity index (χ4n) is 2.29. The second-order valence-electron chi connectivity index (χ2n) is 5.22. The lowest BCUT2D eigenvalue weighted by Crippen LogP contribution is -2.26. The van der Waals surface area contributed by atoms with Crippen LogP contribution in [-0.4, -0.2) is 20.5 Å². The van der Waals surface area contributed by atoms with Crippen LogP contribution in [-0.2, 0) is 4.79 Å². The van der Waals surface area contributed by atoms with Crippen LogP contribution >= 0.6 is 15.9 Å². The molecule has 1 N–H and O–H groups in total. The Morgan fingerprint density at radius 2 is 2.17 bits per heavy atom. The van der Waals surface area contributed by atoms with Crippen LogP contribution in [0, 0.1) is 5.82 Å². The van der Waals surface area contributed by atoms with E-state index in [1.807, 2.05) is 35.7 Å². The van der Waals surface area contributed by atoms with E-state index in [2.05, 4.69) is 31.4 Å². The number of hydrogen-bond acceptors (Lipinski definition) is 3. The Balaban J connectivity index is 1.72. The highest BCUT2D eigenvalue weighted by molar-refractivity contribution is 9.10. The second-order valence-corrected chi connectivity index (χ2v) is 6.13. The molecule has 5 nitrogen and oxygen atoms in total. The predicted octanol–water partition coefficient (Wildman–Crippen LogP) is 3.52. The Morgan fingerprint density at radius 3 is 3.00 bits per heavy atom. The first kappa shape index (κ1) is 16.3. The second kappa shape index (κ2) is 6.92. The monoisotopic (exact) mass is 388 g/mol. The summed E-state index contributed by atoms with van der Waals surface area (Å²) in [5.74, 6) is -0.103. The highest BCUT2D eigenvalue weighted by Gasteiger charge is 2.14. The molecule has 24 heavy (non-hydrogen) atoms. The summed E-state index contributed by atoms with van der Waals surface area (Å²) < 4.78 is 16.2. The first-order valence-corrected chi connectivity index (χ1v) is 8.07. The Bertz CT molecular complexity index is 922. The van der Waals surface area contributed by atoms with Gasteiger partial charge >= 0.3 is 0 Å².